The molecule has 2 heterocycles. The molecule has 0 radical (unpaired) electrons. The summed E-state index contributed by atoms with van der Waals surface area (Å²) in [6, 6.07) is 18.0. The molecule has 150 valence electrons. The Labute approximate surface area is 168 Å². The van der Waals surface area contributed by atoms with Gasteiger partial charge in [-0.15, -0.1) is 0 Å². The molecule has 0 spiro atoms. The van der Waals surface area contributed by atoms with Crippen LogP contribution in [0.5, 0.6) is 0 Å². The Morgan fingerprint density at radius 3 is 2.76 bits per heavy atom. The minimum absolute atomic E-state index is 0.0145. The first kappa shape index (κ1) is 19.3. The minimum atomic E-state index is -0.297. The first-order valence-electron chi connectivity index (χ1n) is 9.65. The van der Waals surface area contributed by atoms with Crippen molar-refractivity contribution >= 4 is 5.91 Å². The number of aromatic nitrogens is 1. The van der Waals surface area contributed by atoms with Crippen LogP contribution in [0.3, 0.4) is 0 Å². The van der Waals surface area contributed by atoms with Crippen molar-refractivity contribution in [2.75, 3.05) is 13.1 Å². The molecule has 1 aromatic heterocycles. The minimum Gasteiger partial charge on any atom is -0.351 e. The molecule has 1 fully saturated rings. The number of halogens is 1. The molecule has 7 heteroatoms. The summed E-state index contributed by atoms with van der Waals surface area (Å²) in [6.07, 6.45) is 0. The largest absolute Gasteiger partial charge is 0.351 e. The third kappa shape index (κ3) is 4.36. The summed E-state index contributed by atoms with van der Waals surface area (Å²) in [5, 5.41) is 6.99. The van der Waals surface area contributed by atoms with E-state index in [-0.39, 0.29) is 35.4 Å². The van der Waals surface area contributed by atoms with Crippen LogP contribution in [0.4, 0.5) is 4.39 Å². The van der Waals surface area contributed by atoms with Gasteiger partial charge in [-0.3, -0.25) is 10.2 Å². The van der Waals surface area contributed by atoms with Gasteiger partial charge >= 0.3 is 0 Å². The highest BCUT2D eigenvalue weighted by molar-refractivity contribution is 5.91. The lowest BCUT2D eigenvalue weighted by atomic mass is 9.95. The van der Waals surface area contributed by atoms with Crippen molar-refractivity contribution in [3.8, 4) is 0 Å². The number of hydrazine groups is 1. The molecule has 3 aromatic rings. The van der Waals surface area contributed by atoms with Crippen LogP contribution in [0.25, 0.3) is 0 Å². The van der Waals surface area contributed by atoms with E-state index >= 15 is 0 Å². The Morgan fingerprint density at radius 2 is 2.00 bits per heavy atom. The van der Waals surface area contributed by atoms with Crippen molar-refractivity contribution in [3.63, 3.8) is 0 Å². The van der Waals surface area contributed by atoms with Gasteiger partial charge in [0.25, 0.3) is 5.91 Å². The second kappa shape index (κ2) is 8.55. The van der Waals surface area contributed by atoms with E-state index in [1.165, 1.54) is 12.1 Å². The molecule has 1 saturated heterocycles. The standard InChI is InChI=1S/C22H23FN4O2/c1-14(15-5-3-2-4-6-15)19-11-20(29-27-19)22(28)24-12-17-13-25-26-21(17)16-7-9-18(23)10-8-16/h2-11,14,17,21,25-26H,12-13H2,1H3,(H,24,28). The zero-order valence-corrected chi connectivity index (χ0v) is 16.1. The number of amides is 1. The van der Waals surface area contributed by atoms with Crippen LogP contribution in [0, 0.1) is 11.7 Å². The molecular weight excluding hydrogens is 371 g/mol. The molecule has 4 rings (SSSR count). The first-order valence-corrected chi connectivity index (χ1v) is 9.65. The Hall–Kier alpha value is -3.03. The maximum atomic E-state index is 13.2. The van der Waals surface area contributed by atoms with E-state index in [2.05, 4.69) is 21.3 Å². The Balaban J connectivity index is 1.37. The molecule has 3 atom stereocenters. The summed E-state index contributed by atoms with van der Waals surface area (Å²) in [4.78, 5) is 12.5. The van der Waals surface area contributed by atoms with Gasteiger partial charge in [-0.1, -0.05) is 54.5 Å². The van der Waals surface area contributed by atoms with E-state index < -0.39 is 0 Å². The number of nitrogens with zero attached hydrogens (tertiary/aromatic N) is 1. The molecule has 1 aliphatic heterocycles. The summed E-state index contributed by atoms with van der Waals surface area (Å²) >= 11 is 0. The quantitative estimate of drug-likeness (QED) is 0.599. The molecule has 3 N–H and O–H groups in total. The summed E-state index contributed by atoms with van der Waals surface area (Å²) in [5.41, 5.74) is 9.08. The molecule has 2 aromatic carbocycles. The second-order valence-electron chi connectivity index (χ2n) is 7.27. The molecule has 0 bridgehead atoms. The van der Waals surface area contributed by atoms with Crippen LogP contribution in [0.15, 0.2) is 65.2 Å². The maximum absolute atomic E-state index is 13.2. The predicted octanol–water partition coefficient (Wildman–Crippen LogP) is 3.16. The Bertz CT molecular complexity index is 958. The fourth-order valence-electron chi connectivity index (χ4n) is 3.57. The molecule has 0 saturated carbocycles. The normalized spacial score (nSPS) is 19.8. The van der Waals surface area contributed by atoms with Crippen molar-refractivity contribution in [3.05, 3.63) is 89.1 Å². The second-order valence-corrected chi connectivity index (χ2v) is 7.27. The highest BCUT2D eigenvalue weighted by Crippen LogP contribution is 2.25. The van der Waals surface area contributed by atoms with Crippen molar-refractivity contribution in [1.29, 1.82) is 0 Å². The average molecular weight is 394 g/mol. The van der Waals surface area contributed by atoms with Gasteiger partial charge in [0.05, 0.1) is 11.7 Å². The predicted molar refractivity (Wildman–Crippen MR) is 107 cm³/mol. The topological polar surface area (TPSA) is 79.2 Å². The van der Waals surface area contributed by atoms with Crippen molar-refractivity contribution in [2.24, 2.45) is 5.92 Å². The lowest BCUT2D eigenvalue weighted by molar-refractivity contribution is 0.0909. The third-order valence-electron chi connectivity index (χ3n) is 5.34. The molecule has 29 heavy (non-hydrogen) atoms. The fraction of sp³-hybridized carbons (Fsp3) is 0.273. The molecule has 3 unspecified atom stereocenters. The van der Waals surface area contributed by atoms with Gasteiger partial charge in [0.15, 0.2) is 0 Å². The van der Waals surface area contributed by atoms with Gasteiger partial charge in [-0.2, -0.15) is 0 Å². The lowest BCUT2D eigenvalue weighted by Crippen LogP contribution is -2.32. The Kier molecular flexibility index (Phi) is 5.69. The van der Waals surface area contributed by atoms with Crippen molar-refractivity contribution < 1.29 is 13.7 Å². The van der Waals surface area contributed by atoms with Gasteiger partial charge < -0.3 is 9.84 Å². The molecule has 1 amide bonds. The average Bonchev–Trinajstić information content (AvgIpc) is 3.43. The van der Waals surface area contributed by atoms with E-state index in [4.69, 9.17) is 4.52 Å². The van der Waals surface area contributed by atoms with Crippen LogP contribution in [-0.2, 0) is 0 Å². The van der Waals surface area contributed by atoms with Crippen molar-refractivity contribution in [1.82, 2.24) is 21.3 Å². The van der Waals surface area contributed by atoms with Gasteiger partial charge in [0.1, 0.15) is 5.82 Å². The maximum Gasteiger partial charge on any atom is 0.289 e. The molecule has 6 nitrogen and oxygen atoms in total. The highest BCUT2D eigenvalue weighted by Gasteiger charge is 2.29. The van der Waals surface area contributed by atoms with E-state index in [0.29, 0.717) is 13.1 Å². The van der Waals surface area contributed by atoms with Gasteiger partial charge in [-0.05, 0) is 23.3 Å². The number of benzene rings is 2. The number of carbonyl (C=O) groups excluding carboxylic acids is 1. The summed E-state index contributed by atoms with van der Waals surface area (Å²) in [6.45, 7) is 3.16. The van der Waals surface area contributed by atoms with E-state index in [1.807, 2.05) is 37.3 Å². The van der Waals surface area contributed by atoms with Crippen LogP contribution < -0.4 is 16.2 Å². The van der Waals surface area contributed by atoms with Crippen LogP contribution in [0.1, 0.15) is 46.3 Å². The highest BCUT2D eigenvalue weighted by atomic mass is 19.1. The number of carbonyl (C=O) groups is 1. The monoisotopic (exact) mass is 394 g/mol. The van der Waals surface area contributed by atoms with E-state index in [1.54, 1.807) is 18.2 Å². The van der Waals surface area contributed by atoms with Crippen LogP contribution in [0.2, 0.25) is 0 Å². The lowest BCUT2D eigenvalue weighted by Gasteiger charge is -2.19. The van der Waals surface area contributed by atoms with Crippen molar-refractivity contribution in [2.45, 2.75) is 18.9 Å². The van der Waals surface area contributed by atoms with Crippen LogP contribution >= 0.6 is 0 Å². The van der Waals surface area contributed by atoms with E-state index in [9.17, 15) is 9.18 Å². The molecule has 0 aliphatic carbocycles. The van der Waals surface area contributed by atoms with Gasteiger partial charge in [0.2, 0.25) is 5.76 Å². The smallest absolute Gasteiger partial charge is 0.289 e. The summed E-state index contributed by atoms with van der Waals surface area (Å²) in [7, 11) is 0. The third-order valence-corrected chi connectivity index (χ3v) is 5.34. The summed E-state index contributed by atoms with van der Waals surface area (Å²) < 4.78 is 18.4. The number of nitrogens with one attached hydrogen (secondary N) is 3. The van der Waals surface area contributed by atoms with Gasteiger partial charge in [0, 0.05) is 31.0 Å². The Morgan fingerprint density at radius 1 is 1.24 bits per heavy atom. The molecular formula is C22H23FN4O2. The van der Waals surface area contributed by atoms with Gasteiger partial charge in [-0.25, -0.2) is 9.82 Å². The van der Waals surface area contributed by atoms with Crippen LogP contribution in [-0.4, -0.2) is 24.2 Å². The zero-order chi connectivity index (χ0) is 20.2. The number of rotatable bonds is 6. The summed E-state index contributed by atoms with van der Waals surface area (Å²) in [5.74, 6) is -0.216. The van der Waals surface area contributed by atoms with E-state index in [0.717, 1.165) is 16.8 Å². The first-order chi connectivity index (χ1) is 14.1. The fourth-order valence-corrected chi connectivity index (χ4v) is 3.57. The zero-order valence-electron chi connectivity index (χ0n) is 16.1. The SMILES string of the molecule is CC(c1ccccc1)c1cc(C(=O)NCC2CNNC2c2ccc(F)cc2)on1. The number of hydrogen-bond donors (Lipinski definition) is 3. The number of hydrogen-bond acceptors (Lipinski definition) is 5. The molecule has 1 aliphatic rings.